The Labute approximate surface area is 82.1 Å². The summed E-state index contributed by atoms with van der Waals surface area (Å²) in [6.45, 7) is 6.97. The zero-order valence-electron chi connectivity index (χ0n) is 9.18. The van der Waals surface area contributed by atoms with Gasteiger partial charge in [-0.05, 0) is 27.3 Å². The van der Waals surface area contributed by atoms with Crippen LogP contribution in [0.5, 0.6) is 0 Å². The van der Waals surface area contributed by atoms with E-state index in [-0.39, 0.29) is 11.6 Å². The van der Waals surface area contributed by atoms with Gasteiger partial charge in [0.2, 0.25) is 0 Å². The first-order chi connectivity index (χ1) is 6.14. The smallest absolute Gasteiger partial charge is 0.0813 e. The van der Waals surface area contributed by atoms with Crippen molar-refractivity contribution in [3.8, 4) is 12.3 Å². The van der Waals surface area contributed by atoms with Gasteiger partial charge in [-0.1, -0.05) is 6.92 Å². The first-order valence-electron chi connectivity index (χ1n) is 4.89. The van der Waals surface area contributed by atoms with E-state index in [1.54, 1.807) is 0 Å². The molecule has 0 saturated heterocycles. The topological polar surface area (TPSA) is 21.3 Å². The molecule has 13 heavy (non-hydrogen) atoms. The van der Waals surface area contributed by atoms with E-state index >= 15 is 0 Å². The minimum atomic E-state index is -0.143. The molecule has 0 heterocycles. The van der Waals surface area contributed by atoms with E-state index < -0.39 is 0 Å². The number of nitrogens with one attached hydrogen (secondary N) is 1. The monoisotopic (exact) mass is 183 g/mol. The van der Waals surface area contributed by atoms with Crippen LogP contribution in [0.25, 0.3) is 0 Å². The molecule has 0 aromatic rings. The molecule has 2 atom stereocenters. The van der Waals surface area contributed by atoms with Gasteiger partial charge in [0.05, 0.1) is 5.60 Å². The predicted molar refractivity (Wildman–Crippen MR) is 56.6 cm³/mol. The van der Waals surface area contributed by atoms with Gasteiger partial charge in [0.1, 0.15) is 0 Å². The molecule has 0 aromatic heterocycles. The Kier molecular flexibility index (Phi) is 5.77. The average Bonchev–Trinajstić information content (AvgIpc) is 2.14. The van der Waals surface area contributed by atoms with E-state index in [1.165, 1.54) is 0 Å². The molecule has 0 aromatic carbocycles. The molecule has 0 radical (unpaired) electrons. The Hall–Kier alpha value is -0.520. The second-order valence-corrected chi connectivity index (χ2v) is 3.35. The van der Waals surface area contributed by atoms with E-state index in [1.807, 2.05) is 14.0 Å². The maximum absolute atomic E-state index is 5.73. The number of hydrogen-bond donors (Lipinski definition) is 1. The van der Waals surface area contributed by atoms with Crippen molar-refractivity contribution >= 4 is 0 Å². The lowest BCUT2D eigenvalue weighted by atomic mass is 9.91. The zero-order valence-corrected chi connectivity index (χ0v) is 9.18. The van der Waals surface area contributed by atoms with E-state index in [2.05, 4.69) is 25.1 Å². The Morgan fingerprint density at radius 1 is 1.54 bits per heavy atom. The molecule has 0 bridgehead atoms. The van der Waals surface area contributed by atoms with E-state index in [0.717, 1.165) is 13.0 Å². The lowest BCUT2D eigenvalue weighted by Crippen LogP contribution is -2.48. The van der Waals surface area contributed by atoms with Crippen molar-refractivity contribution in [2.75, 3.05) is 13.7 Å². The molecule has 0 aliphatic rings. The fourth-order valence-corrected chi connectivity index (χ4v) is 1.52. The molecule has 0 spiro atoms. The van der Waals surface area contributed by atoms with Gasteiger partial charge >= 0.3 is 0 Å². The second kappa shape index (κ2) is 6.01. The van der Waals surface area contributed by atoms with Crippen LogP contribution < -0.4 is 5.32 Å². The Morgan fingerprint density at radius 3 is 2.46 bits per heavy atom. The van der Waals surface area contributed by atoms with Crippen molar-refractivity contribution in [3.05, 3.63) is 0 Å². The highest BCUT2D eigenvalue weighted by Gasteiger charge is 2.31. The first kappa shape index (κ1) is 12.5. The summed E-state index contributed by atoms with van der Waals surface area (Å²) in [5, 5.41) is 3.21. The van der Waals surface area contributed by atoms with Gasteiger partial charge < -0.3 is 10.1 Å². The normalized spacial score (nSPS) is 17.5. The molecule has 76 valence electrons. The SMILES string of the molecule is C#CCC(NC)C(C)(CC)OCC. The number of ether oxygens (including phenoxy) is 1. The first-order valence-corrected chi connectivity index (χ1v) is 4.89. The van der Waals surface area contributed by atoms with Crippen molar-refractivity contribution in [1.29, 1.82) is 0 Å². The number of terminal acetylenes is 1. The van der Waals surface area contributed by atoms with Crippen molar-refractivity contribution < 1.29 is 4.74 Å². The molecule has 2 unspecified atom stereocenters. The van der Waals surface area contributed by atoms with E-state index in [9.17, 15) is 0 Å². The molecule has 0 aliphatic carbocycles. The van der Waals surface area contributed by atoms with E-state index in [4.69, 9.17) is 11.2 Å². The van der Waals surface area contributed by atoms with Crippen LogP contribution in [0.2, 0.25) is 0 Å². The average molecular weight is 183 g/mol. The lowest BCUT2D eigenvalue weighted by molar-refractivity contribution is -0.0523. The summed E-state index contributed by atoms with van der Waals surface area (Å²) < 4.78 is 5.73. The van der Waals surface area contributed by atoms with Gasteiger partial charge in [0, 0.05) is 19.1 Å². The standard InChI is InChI=1S/C11H21NO/c1-6-9-10(12-5)11(4,7-2)13-8-3/h1,10,12H,7-9H2,2-5H3. The predicted octanol–water partition coefficient (Wildman–Crippen LogP) is 1.80. The maximum atomic E-state index is 5.73. The van der Waals surface area contributed by atoms with Crippen LogP contribution in [-0.2, 0) is 4.74 Å². The summed E-state index contributed by atoms with van der Waals surface area (Å²) in [5.74, 6) is 2.67. The fraction of sp³-hybridized carbons (Fsp3) is 0.818. The van der Waals surface area contributed by atoms with Gasteiger partial charge in [-0.15, -0.1) is 12.3 Å². The largest absolute Gasteiger partial charge is 0.374 e. The molecule has 1 N–H and O–H groups in total. The summed E-state index contributed by atoms with van der Waals surface area (Å²) in [4.78, 5) is 0. The van der Waals surface area contributed by atoms with Crippen LogP contribution in [0.3, 0.4) is 0 Å². The number of likely N-dealkylation sites (N-methyl/N-ethyl adjacent to an activating group) is 1. The quantitative estimate of drug-likeness (QED) is 0.634. The van der Waals surface area contributed by atoms with Crippen molar-refractivity contribution in [2.24, 2.45) is 0 Å². The Bertz CT molecular complexity index is 173. The van der Waals surface area contributed by atoms with Crippen LogP contribution in [0.4, 0.5) is 0 Å². The van der Waals surface area contributed by atoms with Crippen molar-refractivity contribution in [3.63, 3.8) is 0 Å². The molecule has 0 saturated carbocycles. The highest BCUT2D eigenvalue weighted by molar-refractivity contribution is 4.97. The molecule has 0 aliphatic heterocycles. The van der Waals surface area contributed by atoms with Crippen LogP contribution in [0.15, 0.2) is 0 Å². The minimum absolute atomic E-state index is 0.143. The van der Waals surface area contributed by atoms with Gasteiger partial charge in [-0.25, -0.2) is 0 Å². The fourth-order valence-electron chi connectivity index (χ4n) is 1.52. The van der Waals surface area contributed by atoms with Crippen LogP contribution >= 0.6 is 0 Å². The molecule has 0 fully saturated rings. The van der Waals surface area contributed by atoms with Crippen LogP contribution in [0.1, 0.15) is 33.6 Å². The third kappa shape index (κ3) is 3.38. The molecule has 0 amide bonds. The maximum Gasteiger partial charge on any atom is 0.0813 e. The number of hydrogen-bond acceptors (Lipinski definition) is 2. The summed E-state index contributed by atoms with van der Waals surface area (Å²) in [5.41, 5.74) is -0.143. The van der Waals surface area contributed by atoms with Gasteiger partial charge in [-0.2, -0.15) is 0 Å². The molecule has 0 rings (SSSR count). The van der Waals surface area contributed by atoms with Crippen LogP contribution in [0, 0.1) is 12.3 Å². The summed E-state index contributed by atoms with van der Waals surface area (Å²) in [7, 11) is 1.93. The second-order valence-electron chi connectivity index (χ2n) is 3.35. The highest BCUT2D eigenvalue weighted by atomic mass is 16.5. The summed E-state index contributed by atoms with van der Waals surface area (Å²) in [6, 6.07) is 0.238. The third-order valence-electron chi connectivity index (χ3n) is 2.58. The van der Waals surface area contributed by atoms with Gasteiger partial charge in [0.15, 0.2) is 0 Å². The Balaban J connectivity index is 4.40. The van der Waals surface area contributed by atoms with Gasteiger partial charge in [0.25, 0.3) is 0 Å². The summed E-state index contributed by atoms with van der Waals surface area (Å²) >= 11 is 0. The number of rotatable bonds is 6. The van der Waals surface area contributed by atoms with E-state index in [0.29, 0.717) is 6.42 Å². The lowest BCUT2D eigenvalue weighted by Gasteiger charge is -2.35. The summed E-state index contributed by atoms with van der Waals surface area (Å²) in [6.07, 6.45) is 6.98. The Morgan fingerprint density at radius 2 is 2.15 bits per heavy atom. The van der Waals surface area contributed by atoms with Crippen molar-refractivity contribution in [2.45, 2.75) is 45.3 Å². The molecular formula is C11H21NO. The third-order valence-corrected chi connectivity index (χ3v) is 2.58. The highest BCUT2D eigenvalue weighted by Crippen LogP contribution is 2.21. The molecular weight excluding hydrogens is 162 g/mol. The molecule has 2 heteroatoms. The van der Waals surface area contributed by atoms with Crippen molar-refractivity contribution in [1.82, 2.24) is 5.32 Å². The molecule has 2 nitrogen and oxygen atoms in total. The zero-order chi connectivity index (χ0) is 10.3. The minimum Gasteiger partial charge on any atom is -0.374 e. The van der Waals surface area contributed by atoms with Crippen LogP contribution in [-0.4, -0.2) is 25.3 Å². The van der Waals surface area contributed by atoms with Gasteiger partial charge in [-0.3, -0.25) is 0 Å².